The van der Waals surface area contributed by atoms with Crippen molar-refractivity contribution in [3.05, 3.63) is 69.3 Å². The van der Waals surface area contributed by atoms with E-state index in [4.69, 9.17) is 0 Å². The Kier molecular flexibility index (Phi) is 4.96. The van der Waals surface area contributed by atoms with Crippen molar-refractivity contribution in [2.24, 2.45) is 0 Å². The molecule has 2 aliphatic heterocycles. The Balaban J connectivity index is 1.57. The van der Waals surface area contributed by atoms with Crippen molar-refractivity contribution in [1.82, 2.24) is 10.2 Å². The highest BCUT2D eigenvalue weighted by molar-refractivity contribution is 6.10. The number of carbonyl (C=O) groups excluding carboxylic acids is 3. The first-order chi connectivity index (χ1) is 14.7. The predicted octanol–water partition coefficient (Wildman–Crippen LogP) is 2.65. The summed E-state index contributed by atoms with van der Waals surface area (Å²) >= 11 is 0. The molecule has 2 aliphatic rings. The molecule has 1 N–H and O–H groups in total. The number of hydrogen-bond acceptors (Lipinski definition) is 5. The fourth-order valence-corrected chi connectivity index (χ4v) is 4.33. The lowest BCUT2D eigenvalue weighted by Gasteiger charge is -2.30. The first-order valence-electron chi connectivity index (χ1n) is 10.0. The molecule has 0 aromatic heterocycles. The molecule has 1 saturated heterocycles. The molecule has 1 unspecified atom stereocenters. The number of nitrogens with one attached hydrogen (secondary N) is 1. The minimum atomic E-state index is -1.25. The summed E-state index contributed by atoms with van der Waals surface area (Å²) in [5.74, 6) is -0.895. The highest BCUT2D eigenvalue weighted by Crippen LogP contribution is 2.33. The number of nitrogens with zero attached hydrogens (tertiary/aromatic N) is 3. The normalized spacial score (nSPS) is 20.5. The summed E-state index contributed by atoms with van der Waals surface area (Å²) < 4.78 is 0. The SMILES string of the molecule is Cc1ccccc1C1(C)NC(=O)N(CC(=O)N2CCCc3cc([N+](=O)[O-])ccc32)C1=O. The summed E-state index contributed by atoms with van der Waals surface area (Å²) in [6.45, 7) is 3.51. The third-order valence-corrected chi connectivity index (χ3v) is 5.95. The fourth-order valence-electron chi connectivity index (χ4n) is 4.33. The van der Waals surface area contributed by atoms with Crippen LogP contribution in [0.2, 0.25) is 0 Å². The lowest BCUT2D eigenvalue weighted by Crippen LogP contribution is -2.46. The second-order valence-electron chi connectivity index (χ2n) is 7.98. The Morgan fingerprint density at radius 1 is 1.23 bits per heavy atom. The fraction of sp³-hybridized carbons (Fsp3) is 0.318. The van der Waals surface area contributed by atoms with Gasteiger partial charge in [0.15, 0.2) is 0 Å². The maximum atomic E-state index is 13.2. The smallest absolute Gasteiger partial charge is 0.319 e. The Morgan fingerprint density at radius 2 is 1.97 bits per heavy atom. The Hall–Kier alpha value is -3.75. The molecule has 0 radical (unpaired) electrons. The van der Waals surface area contributed by atoms with Gasteiger partial charge in [-0.3, -0.25) is 24.6 Å². The zero-order valence-electron chi connectivity index (χ0n) is 17.3. The third-order valence-electron chi connectivity index (χ3n) is 5.95. The summed E-state index contributed by atoms with van der Waals surface area (Å²) in [5, 5.41) is 13.8. The maximum Gasteiger partial charge on any atom is 0.325 e. The van der Waals surface area contributed by atoms with Crippen molar-refractivity contribution in [2.75, 3.05) is 18.0 Å². The zero-order valence-corrected chi connectivity index (χ0v) is 17.3. The molecule has 0 saturated carbocycles. The lowest BCUT2D eigenvalue weighted by molar-refractivity contribution is -0.384. The Morgan fingerprint density at radius 3 is 2.68 bits per heavy atom. The quantitative estimate of drug-likeness (QED) is 0.462. The number of urea groups is 1. The highest BCUT2D eigenvalue weighted by atomic mass is 16.6. The summed E-state index contributed by atoms with van der Waals surface area (Å²) in [7, 11) is 0. The van der Waals surface area contributed by atoms with Crippen molar-refractivity contribution in [2.45, 2.75) is 32.2 Å². The minimum absolute atomic E-state index is 0.0313. The van der Waals surface area contributed by atoms with E-state index in [2.05, 4.69) is 5.32 Å². The van der Waals surface area contributed by atoms with Gasteiger partial charge in [0.2, 0.25) is 5.91 Å². The van der Waals surface area contributed by atoms with Crippen molar-refractivity contribution in [1.29, 1.82) is 0 Å². The van der Waals surface area contributed by atoms with Crippen molar-refractivity contribution in [3.8, 4) is 0 Å². The van der Waals surface area contributed by atoms with Crippen LogP contribution in [0.3, 0.4) is 0 Å². The molecule has 160 valence electrons. The minimum Gasteiger partial charge on any atom is -0.319 e. The predicted molar refractivity (Wildman–Crippen MR) is 113 cm³/mol. The number of rotatable bonds is 4. The van der Waals surface area contributed by atoms with Crippen LogP contribution in [0.1, 0.15) is 30.0 Å². The molecular weight excluding hydrogens is 400 g/mol. The van der Waals surface area contributed by atoms with E-state index in [-0.39, 0.29) is 5.69 Å². The molecule has 2 heterocycles. The Labute approximate surface area is 178 Å². The number of anilines is 1. The number of nitro benzene ring substituents is 1. The van der Waals surface area contributed by atoms with E-state index >= 15 is 0 Å². The molecule has 2 aromatic rings. The van der Waals surface area contributed by atoms with E-state index in [0.29, 0.717) is 36.2 Å². The topological polar surface area (TPSA) is 113 Å². The summed E-state index contributed by atoms with van der Waals surface area (Å²) in [4.78, 5) is 51.8. The zero-order chi connectivity index (χ0) is 22.3. The number of fused-ring (bicyclic) bond motifs is 1. The number of aryl methyl sites for hydroxylation is 2. The van der Waals surface area contributed by atoms with Crippen LogP contribution in [0.15, 0.2) is 42.5 Å². The molecule has 9 nitrogen and oxygen atoms in total. The second-order valence-corrected chi connectivity index (χ2v) is 7.98. The van der Waals surface area contributed by atoms with Crippen LogP contribution in [-0.4, -0.2) is 40.8 Å². The van der Waals surface area contributed by atoms with E-state index in [9.17, 15) is 24.5 Å². The van der Waals surface area contributed by atoms with E-state index in [1.54, 1.807) is 25.1 Å². The largest absolute Gasteiger partial charge is 0.325 e. The van der Waals surface area contributed by atoms with Crippen molar-refractivity contribution in [3.63, 3.8) is 0 Å². The van der Waals surface area contributed by atoms with Crippen LogP contribution in [0.25, 0.3) is 0 Å². The number of amides is 4. The molecule has 0 spiro atoms. The monoisotopic (exact) mass is 422 g/mol. The molecular formula is C22H22N4O5. The van der Waals surface area contributed by atoms with Crippen LogP contribution in [0.5, 0.6) is 0 Å². The highest BCUT2D eigenvalue weighted by Gasteiger charge is 2.50. The average Bonchev–Trinajstić information content (AvgIpc) is 2.96. The van der Waals surface area contributed by atoms with Gasteiger partial charge in [0.05, 0.1) is 4.92 Å². The van der Waals surface area contributed by atoms with E-state index < -0.39 is 34.9 Å². The maximum absolute atomic E-state index is 13.2. The Bertz CT molecular complexity index is 1110. The summed E-state index contributed by atoms with van der Waals surface area (Å²) in [6, 6.07) is 11.0. The number of imide groups is 1. The number of nitro groups is 1. The van der Waals surface area contributed by atoms with Gasteiger partial charge < -0.3 is 10.2 Å². The number of carbonyl (C=O) groups is 3. The van der Waals surface area contributed by atoms with E-state index in [1.165, 1.54) is 17.0 Å². The van der Waals surface area contributed by atoms with E-state index in [0.717, 1.165) is 10.5 Å². The van der Waals surface area contributed by atoms with Gasteiger partial charge in [-0.2, -0.15) is 0 Å². The molecule has 2 aromatic carbocycles. The van der Waals surface area contributed by atoms with Crippen LogP contribution in [0, 0.1) is 17.0 Å². The molecule has 4 rings (SSSR count). The van der Waals surface area contributed by atoms with Gasteiger partial charge in [0.1, 0.15) is 12.1 Å². The van der Waals surface area contributed by atoms with Gasteiger partial charge in [-0.05, 0) is 49.4 Å². The molecule has 0 bridgehead atoms. The standard InChI is InChI=1S/C22H22N4O5/c1-14-6-3-4-8-17(14)22(2)20(28)25(21(29)23-22)13-19(27)24-11-5-7-15-12-16(26(30)31)9-10-18(15)24/h3-4,6,8-10,12H,5,7,11,13H2,1-2H3,(H,23,29). The third kappa shape index (κ3) is 3.41. The first kappa shape index (κ1) is 20.5. The molecule has 9 heteroatoms. The van der Waals surface area contributed by atoms with Crippen LogP contribution < -0.4 is 10.2 Å². The average molecular weight is 422 g/mol. The molecule has 1 atom stereocenters. The van der Waals surface area contributed by atoms with E-state index in [1.807, 2.05) is 19.1 Å². The van der Waals surface area contributed by atoms with Gasteiger partial charge in [0, 0.05) is 24.4 Å². The van der Waals surface area contributed by atoms with Crippen LogP contribution in [-0.2, 0) is 21.5 Å². The molecule has 31 heavy (non-hydrogen) atoms. The number of hydrogen-bond donors (Lipinski definition) is 1. The molecule has 4 amide bonds. The molecule has 1 fully saturated rings. The van der Waals surface area contributed by atoms with Crippen LogP contribution in [0.4, 0.5) is 16.2 Å². The van der Waals surface area contributed by atoms with Gasteiger partial charge >= 0.3 is 6.03 Å². The molecule has 0 aliphatic carbocycles. The second kappa shape index (κ2) is 7.50. The lowest BCUT2D eigenvalue weighted by atomic mass is 9.88. The van der Waals surface area contributed by atoms with Crippen molar-refractivity contribution >= 4 is 29.2 Å². The van der Waals surface area contributed by atoms with Gasteiger partial charge in [0.25, 0.3) is 11.6 Å². The first-order valence-corrected chi connectivity index (χ1v) is 10.0. The van der Waals surface area contributed by atoms with Gasteiger partial charge in [-0.1, -0.05) is 24.3 Å². The summed E-state index contributed by atoms with van der Waals surface area (Å²) in [6.07, 6.45) is 1.26. The van der Waals surface area contributed by atoms with Gasteiger partial charge in [-0.25, -0.2) is 4.79 Å². The van der Waals surface area contributed by atoms with Crippen LogP contribution >= 0.6 is 0 Å². The van der Waals surface area contributed by atoms with Gasteiger partial charge in [-0.15, -0.1) is 0 Å². The summed E-state index contributed by atoms with van der Waals surface area (Å²) in [5.41, 5.74) is 1.54. The number of non-ortho nitro benzene ring substituents is 1. The number of benzene rings is 2. The van der Waals surface area contributed by atoms with Crippen molar-refractivity contribution < 1.29 is 19.3 Å².